The van der Waals surface area contributed by atoms with E-state index in [4.69, 9.17) is 0 Å². The number of hydrogen-bond acceptors (Lipinski definition) is 3. The van der Waals surface area contributed by atoms with Crippen molar-refractivity contribution < 1.29 is 4.79 Å². The van der Waals surface area contributed by atoms with Gasteiger partial charge in [0.15, 0.2) is 0 Å². The number of rotatable bonds is 5. The quantitative estimate of drug-likeness (QED) is 0.670. The number of amides is 2. The van der Waals surface area contributed by atoms with Crippen LogP contribution in [0.3, 0.4) is 0 Å². The summed E-state index contributed by atoms with van der Waals surface area (Å²) in [5, 5.41) is 9.23. The number of nitrogens with one attached hydrogen (secondary N) is 3. The molecule has 1 unspecified atom stereocenters. The molecular formula is C13H26N4O. The van der Waals surface area contributed by atoms with Crippen LogP contribution in [-0.4, -0.2) is 56.2 Å². The van der Waals surface area contributed by atoms with Gasteiger partial charge in [-0.05, 0) is 45.3 Å². The van der Waals surface area contributed by atoms with Crippen molar-refractivity contribution in [2.45, 2.75) is 38.1 Å². The predicted octanol–water partition coefficient (Wildman–Crippen LogP) is 0.524. The highest BCUT2D eigenvalue weighted by molar-refractivity contribution is 5.73. The van der Waals surface area contributed by atoms with Gasteiger partial charge in [-0.2, -0.15) is 0 Å². The molecule has 3 N–H and O–H groups in total. The number of likely N-dealkylation sites (tertiary alicyclic amines) is 1. The highest BCUT2D eigenvalue weighted by Crippen LogP contribution is 2.07. The molecule has 1 atom stereocenters. The average molecular weight is 254 g/mol. The van der Waals surface area contributed by atoms with Crippen molar-refractivity contribution in [2.75, 3.05) is 39.3 Å². The second kappa shape index (κ2) is 7.59. The maximum absolute atomic E-state index is 11.6. The molecular weight excluding hydrogens is 228 g/mol. The fourth-order valence-electron chi connectivity index (χ4n) is 2.72. The first-order chi connectivity index (χ1) is 8.84. The average Bonchev–Trinajstić information content (AvgIpc) is 2.91. The van der Waals surface area contributed by atoms with Crippen LogP contribution in [-0.2, 0) is 0 Å². The first-order valence-electron chi connectivity index (χ1n) is 7.32. The van der Waals surface area contributed by atoms with E-state index in [-0.39, 0.29) is 6.03 Å². The highest BCUT2D eigenvalue weighted by Gasteiger charge is 2.14. The summed E-state index contributed by atoms with van der Waals surface area (Å²) in [6, 6.07) is 0.443. The molecule has 0 aromatic heterocycles. The first kappa shape index (κ1) is 13.6. The third-order valence-corrected chi connectivity index (χ3v) is 3.83. The van der Waals surface area contributed by atoms with Gasteiger partial charge in [0.1, 0.15) is 0 Å². The van der Waals surface area contributed by atoms with Gasteiger partial charge in [0, 0.05) is 25.7 Å². The molecule has 5 nitrogen and oxygen atoms in total. The summed E-state index contributed by atoms with van der Waals surface area (Å²) in [6.45, 7) is 5.95. The normalized spacial score (nSPS) is 25.0. The lowest BCUT2D eigenvalue weighted by Gasteiger charge is -2.26. The van der Waals surface area contributed by atoms with Gasteiger partial charge in [-0.15, -0.1) is 0 Å². The van der Waals surface area contributed by atoms with Gasteiger partial charge < -0.3 is 20.9 Å². The summed E-state index contributed by atoms with van der Waals surface area (Å²) < 4.78 is 0. The monoisotopic (exact) mass is 254 g/mol. The van der Waals surface area contributed by atoms with Crippen molar-refractivity contribution in [3.05, 3.63) is 0 Å². The Bertz CT molecular complexity index is 247. The molecule has 0 aromatic rings. The summed E-state index contributed by atoms with van der Waals surface area (Å²) in [4.78, 5) is 14.0. The molecule has 18 heavy (non-hydrogen) atoms. The van der Waals surface area contributed by atoms with Gasteiger partial charge in [0.25, 0.3) is 0 Å². The van der Waals surface area contributed by atoms with Crippen molar-refractivity contribution in [1.29, 1.82) is 0 Å². The number of hydrogen-bond donors (Lipinski definition) is 3. The number of carbonyl (C=O) groups is 1. The molecule has 0 bridgehead atoms. The number of urea groups is 1. The fourth-order valence-corrected chi connectivity index (χ4v) is 2.72. The summed E-state index contributed by atoms with van der Waals surface area (Å²) in [5.74, 6) is 0. The van der Waals surface area contributed by atoms with Crippen LogP contribution < -0.4 is 16.0 Å². The van der Waals surface area contributed by atoms with Gasteiger partial charge in [-0.3, -0.25) is 0 Å². The molecule has 0 radical (unpaired) electrons. The van der Waals surface area contributed by atoms with E-state index < -0.39 is 0 Å². The van der Waals surface area contributed by atoms with Gasteiger partial charge in [0.05, 0.1) is 0 Å². The van der Waals surface area contributed by atoms with Crippen LogP contribution >= 0.6 is 0 Å². The lowest BCUT2D eigenvalue weighted by Crippen LogP contribution is -2.45. The Morgan fingerprint density at radius 2 is 2.00 bits per heavy atom. The van der Waals surface area contributed by atoms with E-state index in [9.17, 15) is 4.79 Å². The zero-order valence-electron chi connectivity index (χ0n) is 11.2. The van der Waals surface area contributed by atoms with Gasteiger partial charge in [0.2, 0.25) is 0 Å². The summed E-state index contributed by atoms with van der Waals surface area (Å²) in [7, 11) is 0. The van der Waals surface area contributed by atoms with E-state index >= 15 is 0 Å². The Labute approximate surface area is 110 Å². The van der Waals surface area contributed by atoms with Crippen LogP contribution in [0.15, 0.2) is 0 Å². The topological polar surface area (TPSA) is 56.4 Å². The Balaban J connectivity index is 1.48. The second-order valence-corrected chi connectivity index (χ2v) is 5.33. The predicted molar refractivity (Wildman–Crippen MR) is 72.7 cm³/mol. The molecule has 0 saturated carbocycles. The highest BCUT2D eigenvalue weighted by atomic mass is 16.2. The minimum absolute atomic E-state index is 0.0271. The smallest absolute Gasteiger partial charge is 0.314 e. The maximum atomic E-state index is 11.6. The summed E-state index contributed by atoms with van der Waals surface area (Å²) in [5.41, 5.74) is 0. The van der Waals surface area contributed by atoms with Crippen molar-refractivity contribution in [3.63, 3.8) is 0 Å². The van der Waals surface area contributed by atoms with E-state index in [1.54, 1.807) is 0 Å². The molecule has 104 valence electrons. The fraction of sp³-hybridized carbons (Fsp3) is 0.923. The zero-order chi connectivity index (χ0) is 12.6. The molecule has 2 saturated heterocycles. The molecule has 2 aliphatic rings. The number of piperidine rings is 1. The van der Waals surface area contributed by atoms with E-state index in [0.29, 0.717) is 6.04 Å². The third kappa shape index (κ3) is 4.82. The van der Waals surface area contributed by atoms with Gasteiger partial charge in [-0.25, -0.2) is 4.79 Å². The van der Waals surface area contributed by atoms with Crippen molar-refractivity contribution in [2.24, 2.45) is 0 Å². The Hall–Kier alpha value is -0.810. The summed E-state index contributed by atoms with van der Waals surface area (Å²) >= 11 is 0. The number of carbonyl (C=O) groups excluding carboxylic acids is 1. The van der Waals surface area contributed by atoms with Gasteiger partial charge in [-0.1, -0.05) is 6.42 Å². The van der Waals surface area contributed by atoms with Crippen LogP contribution in [0.5, 0.6) is 0 Å². The molecule has 0 aliphatic carbocycles. The lowest BCUT2D eigenvalue weighted by atomic mass is 10.1. The van der Waals surface area contributed by atoms with Crippen LogP contribution in [0.1, 0.15) is 32.1 Å². The van der Waals surface area contributed by atoms with Crippen LogP contribution in [0.4, 0.5) is 4.79 Å². The summed E-state index contributed by atoms with van der Waals surface area (Å²) in [6.07, 6.45) is 6.37. The SMILES string of the molecule is O=C(NCCN1CCCCC1)NCC1CCCN1. The third-order valence-electron chi connectivity index (χ3n) is 3.83. The molecule has 2 fully saturated rings. The Morgan fingerprint density at radius 3 is 2.72 bits per heavy atom. The Morgan fingerprint density at radius 1 is 1.17 bits per heavy atom. The van der Waals surface area contributed by atoms with E-state index in [2.05, 4.69) is 20.9 Å². The van der Waals surface area contributed by atoms with Crippen molar-refractivity contribution >= 4 is 6.03 Å². The van der Waals surface area contributed by atoms with E-state index in [1.165, 1.54) is 45.2 Å². The standard InChI is InChI=1S/C13H26N4O/c18-13(16-11-12-5-4-6-14-12)15-7-10-17-8-2-1-3-9-17/h12,14H,1-11H2,(H2,15,16,18). The van der Waals surface area contributed by atoms with E-state index in [1.807, 2.05) is 0 Å². The first-order valence-corrected chi connectivity index (χ1v) is 7.32. The molecule has 0 aromatic carbocycles. The van der Waals surface area contributed by atoms with Crippen molar-refractivity contribution in [3.8, 4) is 0 Å². The van der Waals surface area contributed by atoms with E-state index in [0.717, 1.165) is 26.2 Å². The molecule has 2 heterocycles. The van der Waals surface area contributed by atoms with Crippen LogP contribution in [0.2, 0.25) is 0 Å². The minimum Gasteiger partial charge on any atom is -0.337 e. The molecule has 0 spiro atoms. The van der Waals surface area contributed by atoms with Gasteiger partial charge >= 0.3 is 6.03 Å². The largest absolute Gasteiger partial charge is 0.337 e. The van der Waals surface area contributed by atoms with Crippen molar-refractivity contribution in [1.82, 2.24) is 20.9 Å². The maximum Gasteiger partial charge on any atom is 0.314 e. The zero-order valence-corrected chi connectivity index (χ0v) is 11.2. The Kier molecular flexibility index (Phi) is 5.74. The molecule has 2 aliphatic heterocycles. The molecule has 2 amide bonds. The lowest BCUT2D eigenvalue weighted by molar-refractivity contribution is 0.220. The van der Waals surface area contributed by atoms with Crippen LogP contribution in [0, 0.1) is 0 Å². The second-order valence-electron chi connectivity index (χ2n) is 5.33. The van der Waals surface area contributed by atoms with Crippen LogP contribution in [0.25, 0.3) is 0 Å². The molecule has 5 heteroatoms. The minimum atomic E-state index is -0.0271. The molecule has 2 rings (SSSR count). The number of nitrogens with zero attached hydrogens (tertiary/aromatic N) is 1.